The summed E-state index contributed by atoms with van der Waals surface area (Å²) in [5.41, 5.74) is 15.6. The van der Waals surface area contributed by atoms with Crippen molar-refractivity contribution in [2.24, 2.45) is 27.8 Å². The van der Waals surface area contributed by atoms with Gasteiger partial charge in [-0.1, -0.05) is 59.1 Å². The van der Waals surface area contributed by atoms with Crippen LogP contribution in [0.1, 0.15) is 107 Å². The predicted octanol–water partition coefficient (Wildman–Crippen LogP) is 5.62. The Hall–Kier alpha value is -3.49. The van der Waals surface area contributed by atoms with Gasteiger partial charge in [-0.3, -0.25) is 9.59 Å². The van der Waals surface area contributed by atoms with Crippen LogP contribution in [0.4, 0.5) is 0 Å². The molecule has 4 bridgehead atoms. The number of dihydropyridines is 1. The zero-order valence-corrected chi connectivity index (χ0v) is 33.9. The summed E-state index contributed by atoms with van der Waals surface area (Å²) < 4.78 is 12.4. The number of aliphatic imine (C=N–C) groups is 1. The quantitative estimate of drug-likeness (QED) is 0.164. The maximum absolute atomic E-state index is 14.0. The highest BCUT2D eigenvalue weighted by Gasteiger charge is 2.44. The molecule has 2 fully saturated rings. The summed E-state index contributed by atoms with van der Waals surface area (Å²) >= 11 is 0. The average molecular weight is 797 g/mol. The lowest BCUT2D eigenvalue weighted by Gasteiger charge is -2.31. The molecule has 6 rings (SSSR count). The second-order valence-corrected chi connectivity index (χ2v) is 18.5. The number of amides is 1. The number of fused-ring (bicyclic) bond motifs is 7. The molecule has 0 radical (unpaired) electrons. The maximum Gasteiger partial charge on any atom is 0.302 e. The monoisotopic (exact) mass is 796 g/mol. The number of benzene rings is 1. The molecule has 1 aliphatic carbocycles. The van der Waals surface area contributed by atoms with E-state index in [-0.39, 0.29) is 36.2 Å². The van der Waals surface area contributed by atoms with Gasteiger partial charge >= 0.3 is 5.97 Å². The first-order valence-corrected chi connectivity index (χ1v) is 22.6. The molecule has 0 aromatic heterocycles. The van der Waals surface area contributed by atoms with Crippen molar-refractivity contribution in [2.75, 3.05) is 31.3 Å². The molecule has 5 aliphatic rings. The number of phenols is 1. The number of rotatable bonds is 3. The summed E-state index contributed by atoms with van der Waals surface area (Å²) in [6.45, 7) is 3.34. The number of ether oxygens (including phenoxy) is 2. The van der Waals surface area contributed by atoms with E-state index in [9.17, 15) is 19.8 Å². The van der Waals surface area contributed by atoms with Crippen LogP contribution in [0.3, 0.4) is 0 Å². The topological polar surface area (TPSA) is 185 Å². The molecule has 55 heavy (non-hydrogen) atoms. The third-order valence-corrected chi connectivity index (χ3v) is 13.7. The van der Waals surface area contributed by atoms with E-state index in [1.165, 1.54) is 6.92 Å². The smallest absolute Gasteiger partial charge is 0.302 e. The summed E-state index contributed by atoms with van der Waals surface area (Å²) in [5, 5.41) is 29.3. The number of nitrogens with zero attached hydrogens (tertiary/aromatic N) is 2. The Kier molecular flexibility index (Phi) is 14.7. The van der Waals surface area contributed by atoms with Crippen LogP contribution in [0.25, 0.3) is 6.08 Å². The Bertz CT molecular complexity index is 1650. The maximum atomic E-state index is 14.0. The minimum absolute atomic E-state index is 0.0231. The molecule has 1 saturated carbocycles. The molecule has 5 unspecified atom stereocenters. The second-order valence-electron chi connectivity index (χ2n) is 15.9. The number of nitrogens with one attached hydrogen (secondary N) is 2. The minimum Gasteiger partial charge on any atom is -0.504 e. The summed E-state index contributed by atoms with van der Waals surface area (Å²) in [6.07, 6.45) is 18.2. The number of allylic oxidation sites excluding steroid dienone is 2. The number of carbonyl (C=O) groups excluding carboxylic acids is 2. The fraction of sp³-hybridized carbons (Fsp3) is 0.634. The van der Waals surface area contributed by atoms with E-state index >= 15 is 0 Å². The Morgan fingerprint density at radius 3 is 2.80 bits per heavy atom. The van der Waals surface area contributed by atoms with Crippen LogP contribution < -0.4 is 26.8 Å². The molecule has 1 amide bonds. The zero-order chi connectivity index (χ0) is 38.8. The molecule has 5 atom stereocenters. The normalized spacial score (nSPS) is 28.9. The van der Waals surface area contributed by atoms with Crippen LogP contribution in [0, 0.1) is 11.3 Å². The van der Waals surface area contributed by atoms with Crippen LogP contribution >= 0.6 is 21.6 Å². The second kappa shape index (κ2) is 19.6. The van der Waals surface area contributed by atoms with Gasteiger partial charge in [0.2, 0.25) is 5.91 Å². The molecule has 12 nitrogen and oxygen atoms in total. The predicted molar refractivity (Wildman–Crippen MR) is 221 cm³/mol. The van der Waals surface area contributed by atoms with Gasteiger partial charge in [0, 0.05) is 74.2 Å². The van der Waals surface area contributed by atoms with E-state index in [0.29, 0.717) is 93.6 Å². The van der Waals surface area contributed by atoms with Crippen molar-refractivity contribution >= 4 is 45.5 Å². The first kappa shape index (κ1) is 41.2. The third kappa shape index (κ3) is 11.5. The fourth-order valence-corrected chi connectivity index (χ4v) is 10.6. The summed E-state index contributed by atoms with van der Waals surface area (Å²) in [4.78, 5) is 32.6. The van der Waals surface area contributed by atoms with Gasteiger partial charge in [0.05, 0.1) is 17.8 Å². The summed E-state index contributed by atoms with van der Waals surface area (Å²) in [6, 6.07) is 2.00. The van der Waals surface area contributed by atoms with Gasteiger partial charge in [-0.05, 0) is 81.1 Å². The summed E-state index contributed by atoms with van der Waals surface area (Å²) in [7, 11) is 3.47. The van der Waals surface area contributed by atoms with E-state index < -0.39 is 17.6 Å². The average Bonchev–Trinajstić information content (AvgIpc) is 3.65. The minimum atomic E-state index is -0.575. The highest BCUT2D eigenvalue weighted by molar-refractivity contribution is 8.76. The van der Waals surface area contributed by atoms with Gasteiger partial charge < -0.3 is 46.7 Å². The Labute approximate surface area is 333 Å². The van der Waals surface area contributed by atoms with Crippen molar-refractivity contribution in [3.8, 4) is 11.5 Å². The first-order chi connectivity index (χ1) is 26.6. The van der Waals surface area contributed by atoms with E-state index in [1.807, 2.05) is 17.0 Å². The van der Waals surface area contributed by atoms with Gasteiger partial charge in [-0.2, -0.15) is 0 Å². The molecule has 1 saturated heterocycles. The van der Waals surface area contributed by atoms with Gasteiger partial charge in [-0.15, -0.1) is 0 Å². The standard InChI is InChI=1S/C41H60N6O6S2/c1-27(48)52-33-12-10-30-20-31(38(51)39-34(30)13-11-29-7-6-9-35(29)53-39)24-47-25-41(23-37(47)50,22-28-14-16-44-36(42)19-28)15-17-45-40(43)46-26-55-54-18-5-3-2-4-8-32(49)21-33/h11,13-14,19-20,29,32-33,35,44,49,51H,2-10,12,15-18,21-26,42H2,1H3,(H3,43,45,46). The molecule has 302 valence electrons. The zero-order valence-electron chi connectivity index (χ0n) is 32.2. The number of aliphatic hydroxyl groups excluding tert-OH is 1. The first-order valence-electron chi connectivity index (χ1n) is 20.1. The van der Waals surface area contributed by atoms with Gasteiger partial charge in [0.1, 0.15) is 12.2 Å². The molecular formula is C41H60N6O6S2. The molecule has 8 N–H and O–H groups in total. The van der Waals surface area contributed by atoms with Crippen LogP contribution in [-0.2, 0) is 27.3 Å². The van der Waals surface area contributed by atoms with E-state index in [4.69, 9.17) is 20.9 Å². The molecule has 4 aliphatic heterocycles. The van der Waals surface area contributed by atoms with Gasteiger partial charge in [0.15, 0.2) is 17.5 Å². The number of phenolic OH excluding ortho intramolecular Hbond substituents is 1. The number of hydrogen-bond acceptors (Lipinski definition) is 13. The highest BCUT2D eigenvalue weighted by Crippen LogP contribution is 2.46. The number of guanidine groups is 1. The number of hydrogen-bond donors (Lipinski definition) is 6. The number of aromatic hydroxyl groups is 1. The van der Waals surface area contributed by atoms with Crippen LogP contribution in [0.2, 0.25) is 0 Å². The molecule has 1 aromatic rings. The van der Waals surface area contributed by atoms with Gasteiger partial charge in [-0.25, -0.2) is 4.99 Å². The van der Waals surface area contributed by atoms with Crippen molar-refractivity contribution < 1.29 is 29.3 Å². The molecule has 14 heteroatoms. The highest BCUT2D eigenvalue weighted by atomic mass is 33.1. The number of aryl methyl sites for hydroxylation is 1. The number of aliphatic hydroxyl groups is 1. The Balaban J connectivity index is 1.30. The van der Waals surface area contributed by atoms with Crippen LogP contribution in [-0.4, -0.2) is 82.5 Å². The van der Waals surface area contributed by atoms with Crippen molar-refractivity contribution in [3.05, 3.63) is 52.4 Å². The van der Waals surface area contributed by atoms with Crippen LogP contribution in [0.15, 0.2) is 40.7 Å². The number of esters is 1. The number of carbonyl (C=O) groups is 2. The van der Waals surface area contributed by atoms with Crippen molar-refractivity contribution in [1.82, 2.24) is 15.5 Å². The molecule has 0 spiro atoms. The van der Waals surface area contributed by atoms with E-state index in [2.05, 4.69) is 33.9 Å². The van der Waals surface area contributed by atoms with Crippen molar-refractivity contribution in [1.29, 1.82) is 0 Å². The fourth-order valence-electron chi connectivity index (χ4n) is 8.76. The van der Waals surface area contributed by atoms with Crippen molar-refractivity contribution in [2.45, 2.75) is 122 Å². The lowest BCUT2D eigenvalue weighted by Crippen LogP contribution is -2.37. The number of nitrogens with two attached hydrogens (primary N) is 2. The SMILES string of the molecule is CC(=O)OC1CCc2cc(c(O)c3c2C=CC2CCCC2O3)CN2CC(CC3=CCNC(N)=C3)(CCNC(N)=NCSSCCCCCCC(O)C1)CC2=O. The van der Waals surface area contributed by atoms with E-state index in [0.717, 1.165) is 67.4 Å². The Morgan fingerprint density at radius 2 is 1.96 bits per heavy atom. The lowest BCUT2D eigenvalue weighted by molar-refractivity contribution is -0.148. The molecule has 1 aromatic carbocycles. The summed E-state index contributed by atoms with van der Waals surface area (Å²) in [5.74, 6) is 3.03. The third-order valence-electron chi connectivity index (χ3n) is 11.5. The molecular weight excluding hydrogens is 737 g/mol. The van der Waals surface area contributed by atoms with Crippen molar-refractivity contribution in [3.63, 3.8) is 0 Å². The largest absolute Gasteiger partial charge is 0.504 e. The van der Waals surface area contributed by atoms with E-state index in [1.54, 1.807) is 21.6 Å². The van der Waals surface area contributed by atoms with Gasteiger partial charge in [0.25, 0.3) is 0 Å². The molecule has 4 heterocycles. The lowest BCUT2D eigenvalue weighted by atomic mass is 9.77. The van der Waals surface area contributed by atoms with Crippen LogP contribution in [0.5, 0.6) is 11.5 Å². The Morgan fingerprint density at radius 1 is 1.11 bits per heavy atom.